The van der Waals surface area contributed by atoms with Gasteiger partial charge in [0.25, 0.3) is 0 Å². The van der Waals surface area contributed by atoms with Crippen molar-refractivity contribution in [1.82, 2.24) is 23.7 Å². The molecule has 1 aliphatic heterocycles. The Balaban J connectivity index is 1.51. The highest BCUT2D eigenvalue weighted by molar-refractivity contribution is 6.11. The fourth-order valence-electron chi connectivity index (χ4n) is 6.21. The highest BCUT2D eigenvalue weighted by atomic mass is 15.0. The molecule has 0 radical (unpaired) electrons. The molecule has 3 aromatic heterocycles. The van der Waals surface area contributed by atoms with Crippen molar-refractivity contribution in [2.75, 3.05) is 0 Å². The summed E-state index contributed by atoms with van der Waals surface area (Å²) in [4.78, 5) is 8.56. The standard InChI is InChI=1S/C32H23N5/c1-32(22-6-4-7-23(18-22)35-16-14-33-20-35)27-10-5-9-26-25-8-2-3-11-29(25)37(31(26)27)30-13-12-24(19-28(30)32)36-17-15-34-21-36/h2-21H,1H3. The van der Waals surface area contributed by atoms with E-state index >= 15 is 0 Å². The van der Waals surface area contributed by atoms with E-state index in [0.29, 0.717) is 0 Å². The summed E-state index contributed by atoms with van der Waals surface area (Å²) in [6, 6.07) is 31.1. The second kappa shape index (κ2) is 7.31. The Hall–Kier alpha value is -4.90. The van der Waals surface area contributed by atoms with E-state index < -0.39 is 0 Å². The van der Waals surface area contributed by atoms with Crippen LogP contribution in [0.2, 0.25) is 0 Å². The van der Waals surface area contributed by atoms with Crippen LogP contribution in [-0.2, 0) is 5.41 Å². The lowest BCUT2D eigenvalue weighted by Gasteiger charge is -2.38. The van der Waals surface area contributed by atoms with Gasteiger partial charge in [0.2, 0.25) is 0 Å². The average Bonchev–Trinajstić information content (AvgIpc) is 3.73. The van der Waals surface area contributed by atoms with E-state index in [1.165, 1.54) is 44.2 Å². The lowest BCUT2D eigenvalue weighted by Crippen LogP contribution is -2.31. The van der Waals surface area contributed by atoms with Crippen molar-refractivity contribution in [3.63, 3.8) is 0 Å². The molecule has 1 unspecified atom stereocenters. The van der Waals surface area contributed by atoms with Gasteiger partial charge in [0.05, 0.1) is 29.4 Å². The number of rotatable bonds is 3. The molecule has 0 N–H and O–H groups in total. The molecule has 0 aliphatic carbocycles. The smallest absolute Gasteiger partial charge is 0.0991 e. The van der Waals surface area contributed by atoms with Crippen molar-refractivity contribution in [3.05, 3.63) is 139 Å². The molecule has 4 heterocycles. The molecule has 0 saturated carbocycles. The molecular formula is C32H23N5. The second-order valence-corrected chi connectivity index (χ2v) is 9.87. The van der Waals surface area contributed by atoms with E-state index in [1.807, 2.05) is 37.4 Å². The Bertz CT molecular complexity index is 1940. The van der Waals surface area contributed by atoms with Gasteiger partial charge in [0.15, 0.2) is 0 Å². The Morgan fingerprint density at radius 2 is 1.38 bits per heavy atom. The first-order valence-electron chi connectivity index (χ1n) is 12.5. The van der Waals surface area contributed by atoms with Crippen LogP contribution in [0.15, 0.2) is 122 Å². The van der Waals surface area contributed by atoms with Crippen molar-refractivity contribution in [3.8, 4) is 17.1 Å². The molecule has 0 fully saturated rings. The SMILES string of the molecule is CC1(c2cccc(-n3ccnc3)c2)c2cc(-n3ccnc3)ccc2-n2c3ccccc3c3cccc1c32. The van der Waals surface area contributed by atoms with Gasteiger partial charge in [0, 0.05) is 52.3 Å². The van der Waals surface area contributed by atoms with Gasteiger partial charge in [-0.15, -0.1) is 0 Å². The maximum Gasteiger partial charge on any atom is 0.0991 e. The summed E-state index contributed by atoms with van der Waals surface area (Å²) in [5.41, 5.74) is 9.35. The molecular weight excluding hydrogens is 454 g/mol. The Morgan fingerprint density at radius 1 is 0.649 bits per heavy atom. The van der Waals surface area contributed by atoms with Crippen LogP contribution < -0.4 is 0 Å². The number of para-hydroxylation sites is 2. The minimum atomic E-state index is -0.383. The van der Waals surface area contributed by atoms with Gasteiger partial charge in [0.1, 0.15) is 0 Å². The molecule has 1 atom stereocenters. The van der Waals surface area contributed by atoms with E-state index in [-0.39, 0.29) is 5.41 Å². The van der Waals surface area contributed by atoms with Crippen molar-refractivity contribution < 1.29 is 0 Å². The Kier molecular flexibility index (Phi) is 4.01. The van der Waals surface area contributed by atoms with Crippen molar-refractivity contribution in [2.45, 2.75) is 12.3 Å². The van der Waals surface area contributed by atoms with Crippen LogP contribution in [0.5, 0.6) is 0 Å². The van der Waals surface area contributed by atoms with Crippen LogP contribution in [0.25, 0.3) is 38.9 Å². The van der Waals surface area contributed by atoms with Crippen molar-refractivity contribution in [2.24, 2.45) is 0 Å². The minimum absolute atomic E-state index is 0.383. The number of fused-ring (bicyclic) bond motifs is 5. The number of aromatic nitrogens is 5. The largest absolute Gasteiger partial charge is 0.309 e. The van der Waals surface area contributed by atoms with Gasteiger partial charge in [-0.05, 0) is 60.0 Å². The molecule has 7 aromatic rings. The summed E-state index contributed by atoms with van der Waals surface area (Å²) in [6.07, 6.45) is 11.3. The monoisotopic (exact) mass is 477 g/mol. The molecule has 176 valence electrons. The van der Waals surface area contributed by atoms with Crippen LogP contribution in [0.4, 0.5) is 0 Å². The Morgan fingerprint density at radius 3 is 2.16 bits per heavy atom. The summed E-state index contributed by atoms with van der Waals surface area (Å²) in [7, 11) is 0. The number of hydrogen-bond acceptors (Lipinski definition) is 2. The average molecular weight is 478 g/mol. The quantitative estimate of drug-likeness (QED) is 0.280. The number of benzene rings is 4. The molecule has 0 bridgehead atoms. The first-order valence-corrected chi connectivity index (χ1v) is 12.5. The van der Waals surface area contributed by atoms with E-state index in [1.54, 1.807) is 0 Å². The lowest BCUT2D eigenvalue weighted by atomic mass is 9.68. The fourth-order valence-corrected chi connectivity index (χ4v) is 6.21. The third-order valence-corrected chi connectivity index (χ3v) is 8.02. The van der Waals surface area contributed by atoms with Crippen LogP contribution in [-0.4, -0.2) is 23.7 Å². The molecule has 1 aliphatic rings. The third kappa shape index (κ3) is 2.68. The minimum Gasteiger partial charge on any atom is -0.309 e. The van der Waals surface area contributed by atoms with Crippen molar-refractivity contribution >= 4 is 21.8 Å². The summed E-state index contributed by atoms with van der Waals surface area (Å²) in [6.45, 7) is 2.37. The molecule has 0 spiro atoms. The summed E-state index contributed by atoms with van der Waals surface area (Å²) < 4.78 is 6.59. The predicted molar refractivity (Wildman–Crippen MR) is 147 cm³/mol. The highest BCUT2D eigenvalue weighted by Crippen LogP contribution is 2.51. The maximum atomic E-state index is 4.29. The maximum absolute atomic E-state index is 4.29. The van der Waals surface area contributed by atoms with Crippen molar-refractivity contribution in [1.29, 1.82) is 0 Å². The molecule has 37 heavy (non-hydrogen) atoms. The fraction of sp³-hybridized carbons (Fsp3) is 0.0625. The molecule has 0 amide bonds. The molecule has 4 aromatic carbocycles. The van der Waals surface area contributed by atoms with Gasteiger partial charge in [-0.2, -0.15) is 0 Å². The zero-order chi connectivity index (χ0) is 24.6. The number of imidazole rings is 2. The Labute approximate surface area is 213 Å². The molecule has 5 heteroatoms. The number of hydrogen-bond donors (Lipinski definition) is 0. The lowest BCUT2D eigenvalue weighted by molar-refractivity contribution is 0.677. The zero-order valence-electron chi connectivity index (χ0n) is 20.3. The predicted octanol–water partition coefficient (Wildman–Crippen LogP) is 6.82. The summed E-state index contributed by atoms with van der Waals surface area (Å²) >= 11 is 0. The molecule has 0 saturated heterocycles. The topological polar surface area (TPSA) is 40.6 Å². The van der Waals surface area contributed by atoms with Gasteiger partial charge in [-0.1, -0.05) is 48.5 Å². The van der Waals surface area contributed by atoms with Gasteiger partial charge in [-0.25, -0.2) is 9.97 Å². The van der Waals surface area contributed by atoms with E-state index in [2.05, 4.69) is 116 Å². The first kappa shape index (κ1) is 20.3. The highest BCUT2D eigenvalue weighted by Gasteiger charge is 2.40. The normalized spacial score (nSPS) is 16.4. The first-order chi connectivity index (χ1) is 18.2. The van der Waals surface area contributed by atoms with E-state index in [9.17, 15) is 0 Å². The summed E-state index contributed by atoms with van der Waals surface area (Å²) in [5.74, 6) is 0. The van der Waals surface area contributed by atoms with Crippen LogP contribution in [0, 0.1) is 0 Å². The van der Waals surface area contributed by atoms with Gasteiger partial charge < -0.3 is 13.7 Å². The molecule has 8 rings (SSSR count). The third-order valence-electron chi connectivity index (χ3n) is 8.02. The van der Waals surface area contributed by atoms with E-state index in [4.69, 9.17) is 0 Å². The number of nitrogens with zero attached hydrogens (tertiary/aromatic N) is 5. The summed E-state index contributed by atoms with van der Waals surface area (Å²) in [5, 5.41) is 2.56. The van der Waals surface area contributed by atoms with Gasteiger partial charge >= 0.3 is 0 Å². The van der Waals surface area contributed by atoms with Crippen LogP contribution >= 0.6 is 0 Å². The second-order valence-electron chi connectivity index (χ2n) is 9.87. The van der Waals surface area contributed by atoms with Crippen LogP contribution in [0.3, 0.4) is 0 Å². The van der Waals surface area contributed by atoms with E-state index in [0.717, 1.165) is 11.4 Å². The van der Waals surface area contributed by atoms with Gasteiger partial charge in [-0.3, -0.25) is 0 Å². The molecule has 5 nitrogen and oxygen atoms in total. The zero-order valence-corrected chi connectivity index (χ0v) is 20.3. The van der Waals surface area contributed by atoms with Crippen LogP contribution in [0.1, 0.15) is 23.6 Å².